The van der Waals surface area contributed by atoms with E-state index >= 15 is 0 Å². The Bertz CT molecular complexity index is 225. The minimum atomic E-state index is 0.393. The first-order valence-electron chi connectivity index (χ1n) is 4.95. The molecule has 1 radical (unpaired) electrons. The van der Waals surface area contributed by atoms with Crippen LogP contribution in [-0.4, -0.2) is 33.8 Å². The predicted octanol–water partition coefficient (Wildman–Crippen LogP) is 1.32. The molecule has 1 heterocycles. The molecule has 1 unspecified atom stereocenters. The number of nitrogens with zero attached hydrogens (tertiary/aromatic N) is 3. The number of ether oxygens (including phenoxy) is 1. The van der Waals surface area contributed by atoms with Crippen LogP contribution in [0.1, 0.15) is 37.9 Å². The molecular formula is C9H17N4O. The molecule has 1 atom stereocenters. The molecule has 1 aromatic heterocycles. The van der Waals surface area contributed by atoms with Crippen LogP contribution in [0.3, 0.4) is 0 Å². The number of hydrogen-bond acceptors (Lipinski definition) is 4. The van der Waals surface area contributed by atoms with Crippen molar-refractivity contribution in [2.45, 2.75) is 32.1 Å². The summed E-state index contributed by atoms with van der Waals surface area (Å²) in [5, 5.41) is 13.7. The highest BCUT2D eigenvalue weighted by atomic mass is 16.5. The van der Waals surface area contributed by atoms with Gasteiger partial charge in [-0.05, 0) is 30.2 Å². The van der Waals surface area contributed by atoms with Crippen molar-refractivity contribution in [3.05, 3.63) is 12.7 Å². The van der Waals surface area contributed by atoms with Gasteiger partial charge in [-0.1, -0.05) is 13.3 Å². The third-order valence-electron chi connectivity index (χ3n) is 2.15. The molecule has 0 aromatic carbocycles. The largest absolute Gasteiger partial charge is 0.381 e. The van der Waals surface area contributed by atoms with E-state index in [2.05, 4.69) is 34.5 Å². The van der Waals surface area contributed by atoms with E-state index < -0.39 is 0 Å². The Kier molecular flexibility index (Phi) is 5.14. The Morgan fingerprint density at radius 1 is 1.50 bits per heavy atom. The normalized spacial score (nSPS) is 13.0. The molecule has 0 aliphatic rings. The van der Waals surface area contributed by atoms with E-state index in [0.717, 1.165) is 31.7 Å². The fraction of sp³-hybridized carbons (Fsp3) is 0.778. The number of aromatic amines is 1. The van der Waals surface area contributed by atoms with Gasteiger partial charge in [0.15, 0.2) is 5.82 Å². The van der Waals surface area contributed by atoms with Crippen molar-refractivity contribution < 1.29 is 4.74 Å². The molecule has 0 saturated carbocycles. The van der Waals surface area contributed by atoms with Crippen LogP contribution in [0, 0.1) is 6.92 Å². The highest BCUT2D eigenvalue weighted by Gasteiger charge is 2.08. The van der Waals surface area contributed by atoms with Crippen LogP contribution in [0.15, 0.2) is 0 Å². The highest BCUT2D eigenvalue weighted by molar-refractivity contribution is 4.86. The Hall–Kier alpha value is -0.970. The van der Waals surface area contributed by atoms with Gasteiger partial charge in [-0.25, -0.2) is 5.10 Å². The number of tetrazole rings is 1. The van der Waals surface area contributed by atoms with E-state index in [4.69, 9.17) is 4.74 Å². The Labute approximate surface area is 84.2 Å². The molecule has 0 aliphatic heterocycles. The van der Waals surface area contributed by atoms with Crippen molar-refractivity contribution in [1.29, 1.82) is 0 Å². The smallest absolute Gasteiger partial charge is 0.151 e. The topological polar surface area (TPSA) is 63.7 Å². The average Bonchev–Trinajstić information content (AvgIpc) is 2.70. The van der Waals surface area contributed by atoms with E-state index in [0.29, 0.717) is 12.5 Å². The number of H-pyrrole nitrogens is 1. The first-order valence-corrected chi connectivity index (χ1v) is 4.95. The third-order valence-corrected chi connectivity index (χ3v) is 2.15. The minimum absolute atomic E-state index is 0.393. The molecule has 0 bridgehead atoms. The number of hydrogen-bond donors (Lipinski definition) is 1. The molecule has 5 heteroatoms. The van der Waals surface area contributed by atoms with E-state index in [1.165, 1.54) is 0 Å². The van der Waals surface area contributed by atoms with Gasteiger partial charge in [-0.3, -0.25) is 0 Å². The number of rotatable bonds is 7. The van der Waals surface area contributed by atoms with Gasteiger partial charge in [-0.2, -0.15) is 0 Å². The molecular weight excluding hydrogens is 180 g/mol. The zero-order chi connectivity index (χ0) is 10.2. The summed E-state index contributed by atoms with van der Waals surface area (Å²) in [6.07, 6.45) is 3.28. The maximum absolute atomic E-state index is 5.15. The Morgan fingerprint density at radius 3 is 3.00 bits per heavy atom. The standard InChI is InChI=1S/C9H17N4O/c1-3-14-7-5-4-6-8(2)9-10-12-13-11-9/h8H,1,3-7H2,2H3,(H,10,11,12,13). The molecule has 0 saturated heterocycles. The molecule has 5 nitrogen and oxygen atoms in total. The summed E-state index contributed by atoms with van der Waals surface area (Å²) in [7, 11) is 0. The summed E-state index contributed by atoms with van der Waals surface area (Å²) < 4.78 is 5.15. The summed E-state index contributed by atoms with van der Waals surface area (Å²) in [6, 6.07) is 0. The number of aromatic nitrogens is 4. The molecule has 1 N–H and O–H groups in total. The van der Waals surface area contributed by atoms with Crippen LogP contribution in [0.4, 0.5) is 0 Å². The fourth-order valence-electron chi connectivity index (χ4n) is 1.27. The summed E-state index contributed by atoms with van der Waals surface area (Å²) in [5.74, 6) is 1.26. The number of unbranched alkanes of at least 4 members (excludes halogenated alkanes) is 1. The minimum Gasteiger partial charge on any atom is -0.381 e. The van der Waals surface area contributed by atoms with Crippen LogP contribution < -0.4 is 0 Å². The highest BCUT2D eigenvalue weighted by Crippen LogP contribution is 2.16. The van der Waals surface area contributed by atoms with Crippen LogP contribution in [0.2, 0.25) is 0 Å². The molecule has 0 spiro atoms. The summed E-state index contributed by atoms with van der Waals surface area (Å²) in [5.41, 5.74) is 0. The van der Waals surface area contributed by atoms with Crippen LogP contribution >= 0.6 is 0 Å². The predicted molar refractivity (Wildman–Crippen MR) is 52.6 cm³/mol. The summed E-state index contributed by atoms with van der Waals surface area (Å²) in [6.45, 7) is 7.07. The second-order valence-corrected chi connectivity index (χ2v) is 3.30. The second-order valence-electron chi connectivity index (χ2n) is 3.30. The van der Waals surface area contributed by atoms with Gasteiger partial charge in [0.05, 0.1) is 0 Å². The molecule has 0 fully saturated rings. The van der Waals surface area contributed by atoms with Crippen molar-refractivity contribution in [2.24, 2.45) is 0 Å². The van der Waals surface area contributed by atoms with Gasteiger partial charge < -0.3 is 4.74 Å². The first-order chi connectivity index (χ1) is 6.84. The van der Waals surface area contributed by atoms with Crippen LogP contribution in [-0.2, 0) is 4.74 Å². The Morgan fingerprint density at radius 2 is 2.36 bits per heavy atom. The average molecular weight is 197 g/mol. The maximum Gasteiger partial charge on any atom is 0.151 e. The van der Waals surface area contributed by atoms with Crippen molar-refractivity contribution in [2.75, 3.05) is 13.2 Å². The van der Waals surface area contributed by atoms with Crippen molar-refractivity contribution in [1.82, 2.24) is 20.6 Å². The Balaban J connectivity index is 2.07. The molecule has 79 valence electrons. The van der Waals surface area contributed by atoms with E-state index in [9.17, 15) is 0 Å². The van der Waals surface area contributed by atoms with E-state index in [-0.39, 0.29) is 0 Å². The van der Waals surface area contributed by atoms with E-state index in [1.807, 2.05) is 0 Å². The fourth-order valence-corrected chi connectivity index (χ4v) is 1.27. The van der Waals surface area contributed by atoms with Gasteiger partial charge in [0.1, 0.15) is 0 Å². The van der Waals surface area contributed by atoms with E-state index in [1.54, 1.807) is 0 Å². The molecule has 1 rings (SSSR count). The summed E-state index contributed by atoms with van der Waals surface area (Å²) >= 11 is 0. The first kappa shape index (κ1) is 11.1. The lowest BCUT2D eigenvalue weighted by Gasteiger charge is -2.06. The monoisotopic (exact) mass is 197 g/mol. The molecule has 14 heavy (non-hydrogen) atoms. The SMILES string of the molecule is [CH2]COCCCCC(C)c1nnn[nH]1. The van der Waals surface area contributed by atoms with Crippen molar-refractivity contribution in [3.63, 3.8) is 0 Å². The van der Waals surface area contributed by atoms with Gasteiger partial charge >= 0.3 is 0 Å². The maximum atomic E-state index is 5.15. The molecule has 1 aromatic rings. The van der Waals surface area contributed by atoms with Crippen LogP contribution in [0.5, 0.6) is 0 Å². The molecule has 0 amide bonds. The van der Waals surface area contributed by atoms with Gasteiger partial charge in [0.25, 0.3) is 0 Å². The van der Waals surface area contributed by atoms with Crippen LogP contribution in [0.25, 0.3) is 0 Å². The number of nitrogens with one attached hydrogen (secondary N) is 1. The lowest BCUT2D eigenvalue weighted by molar-refractivity contribution is 0.155. The zero-order valence-electron chi connectivity index (χ0n) is 8.57. The molecule has 0 aliphatic carbocycles. The lowest BCUT2D eigenvalue weighted by atomic mass is 10.0. The lowest BCUT2D eigenvalue weighted by Crippen LogP contribution is -1.99. The quantitative estimate of drug-likeness (QED) is 0.670. The van der Waals surface area contributed by atoms with Gasteiger partial charge in [-0.15, -0.1) is 5.10 Å². The zero-order valence-corrected chi connectivity index (χ0v) is 8.57. The van der Waals surface area contributed by atoms with Crippen molar-refractivity contribution in [3.8, 4) is 0 Å². The second kappa shape index (κ2) is 6.48. The van der Waals surface area contributed by atoms with Gasteiger partial charge in [0, 0.05) is 19.1 Å². The van der Waals surface area contributed by atoms with Gasteiger partial charge in [0.2, 0.25) is 0 Å². The van der Waals surface area contributed by atoms with Crippen molar-refractivity contribution >= 4 is 0 Å². The third kappa shape index (κ3) is 3.83. The summed E-state index contributed by atoms with van der Waals surface area (Å²) in [4.78, 5) is 0.